The molecule has 1 aliphatic carbocycles. The maximum absolute atomic E-state index is 12.8. The van der Waals surface area contributed by atoms with Crippen molar-refractivity contribution in [3.8, 4) is 0 Å². The lowest BCUT2D eigenvalue weighted by Gasteiger charge is -2.48. The first kappa shape index (κ1) is 20.1. The molecule has 1 spiro atoms. The van der Waals surface area contributed by atoms with Crippen LogP contribution in [0.2, 0.25) is 0 Å². The van der Waals surface area contributed by atoms with Crippen molar-refractivity contribution in [3.05, 3.63) is 40.9 Å². The molecule has 0 unspecified atom stereocenters. The number of halogens is 3. The number of nitrogens with zero attached hydrogens (tertiary/aromatic N) is 4. The van der Waals surface area contributed by atoms with E-state index < -0.39 is 22.8 Å². The van der Waals surface area contributed by atoms with Gasteiger partial charge in [0.15, 0.2) is 0 Å². The van der Waals surface area contributed by atoms with Gasteiger partial charge in [-0.3, -0.25) is 9.80 Å². The van der Waals surface area contributed by atoms with Crippen molar-refractivity contribution < 1.29 is 18.0 Å². The number of rotatable bonds is 3. The summed E-state index contributed by atoms with van der Waals surface area (Å²) in [6.07, 6.45) is -1.43. The highest BCUT2D eigenvalue weighted by atomic mass is 32.1. The molecule has 2 fully saturated rings. The average Bonchev–Trinajstić information content (AvgIpc) is 3.28. The van der Waals surface area contributed by atoms with Gasteiger partial charge in [-0.25, -0.2) is 4.79 Å². The summed E-state index contributed by atoms with van der Waals surface area (Å²) < 4.78 is 38.5. The van der Waals surface area contributed by atoms with E-state index in [0.717, 1.165) is 25.7 Å². The van der Waals surface area contributed by atoms with Gasteiger partial charge in [-0.1, -0.05) is 41.7 Å². The molecule has 0 atom stereocenters. The van der Waals surface area contributed by atoms with Crippen LogP contribution in [0.5, 0.6) is 0 Å². The Kier molecular flexibility index (Phi) is 4.81. The molecular formula is C19H22F3N5OS. The van der Waals surface area contributed by atoms with Crippen LogP contribution in [0.3, 0.4) is 0 Å². The Morgan fingerprint density at radius 3 is 2.31 bits per heavy atom. The molecule has 1 saturated carbocycles. The summed E-state index contributed by atoms with van der Waals surface area (Å²) in [4.78, 5) is 16.1. The predicted molar refractivity (Wildman–Crippen MR) is 104 cm³/mol. The number of carbonyl (C=O) groups is 1. The normalized spacial score (nSPS) is 27.7. The standard InChI is InChI=1S/C19H22F3N5OS/c1-26(2)18(13-6-4-3-5-7-13)10-8-17(9-11-18)12-27(15(28)23-17)16-25-24-14(29-16)19(20,21)22/h3-7H,8-12H2,1-2H3,(H,23,28)/t17-,18-. The fourth-order valence-corrected chi connectivity index (χ4v) is 5.18. The van der Waals surface area contributed by atoms with E-state index in [9.17, 15) is 18.0 Å². The number of anilines is 1. The molecule has 2 aliphatic rings. The molecule has 6 nitrogen and oxygen atoms in total. The van der Waals surface area contributed by atoms with Gasteiger partial charge in [0.25, 0.3) is 0 Å². The Morgan fingerprint density at radius 1 is 1.10 bits per heavy atom. The van der Waals surface area contributed by atoms with Gasteiger partial charge in [0.1, 0.15) is 0 Å². The van der Waals surface area contributed by atoms with E-state index >= 15 is 0 Å². The molecule has 29 heavy (non-hydrogen) atoms. The van der Waals surface area contributed by atoms with E-state index in [1.807, 2.05) is 18.2 Å². The van der Waals surface area contributed by atoms with Gasteiger partial charge in [0.2, 0.25) is 10.1 Å². The van der Waals surface area contributed by atoms with Crippen LogP contribution in [-0.4, -0.2) is 47.3 Å². The van der Waals surface area contributed by atoms with Gasteiger partial charge < -0.3 is 5.32 Å². The minimum atomic E-state index is -4.56. The monoisotopic (exact) mass is 425 g/mol. The second-order valence-corrected chi connectivity index (χ2v) is 8.93. The molecule has 156 valence electrons. The molecule has 2 amide bonds. The van der Waals surface area contributed by atoms with Gasteiger partial charge in [0.05, 0.1) is 12.1 Å². The molecular weight excluding hydrogens is 403 g/mol. The first-order valence-electron chi connectivity index (χ1n) is 9.39. The Balaban J connectivity index is 1.53. The van der Waals surface area contributed by atoms with Gasteiger partial charge in [0, 0.05) is 5.54 Å². The second kappa shape index (κ2) is 6.94. The van der Waals surface area contributed by atoms with Crippen LogP contribution in [-0.2, 0) is 11.7 Å². The third-order valence-corrected chi connectivity index (χ3v) is 7.16. The van der Waals surface area contributed by atoms with Crippen molar-refractivity contribution in [2.75, 3.05) is 25.5 Å². The Labute approximate surface area is 170 Å². The summed E-state index contributed by atoms with van der Waals surface area (Å²) in [5, 5.41) is 8.77. The summed E-state index contributed by atoms with van der Waals surface area (Å²) in [6.45, 7) is 0.302. The van der Waals surface area contributed by atoms with Crippen molar-refractivity contribution in [3.63, 3.8) is 0 Å². The van der Waals surface area contributed by atoms with Crippen molar-refractivity contribution in [2.24, 2.45) is 0 Å². The molecule has 1 aliphatic heterocycles. The topological polar surface area (TPSA) is 61.4 Å². The third-order valence-electron chi connectivity index (χ3n) is 6.17. The number of aromatic nitrogens is 2. The number of nitrogens with one attached hydrogen (secondary N) is 1. The minimum absolute atomic E-state index is 0.0146. The van der Waals surface area contributed by atoms with E-state index in [1.54, 1.807) is 0 Å². The molecule has 1 aromatic carbocycles. The van der Waals surface area contributed by atoms with Crippen molar-refractivity contribution in [1.29, 1.82) is 0 Å². The van der Waals surface area contributed by atoms with Crippen molar-refractivity contribution in [1.82, 2.24) is 20.4 Å². The van der Waals surface area contributed by atoms with Crippen LogP contribution in [0.15, 0.2) is 30.3 Å². The minimum Gasteiger partial charge on any atom is -0.330 e. The number of urea groups is 1. The Bertz CT molecular complexity index is 891. The lowest BCUT2D eigenvalue weighted by molar-refractivity contribution is -0.138. The number of hydrogen-bond acceptors (Lipinski definition) is 5. The lowest BCUT2D eigenvalue weighted by atomic mass is 9.69. The lowest BCUT2D eigenvalue weighted by Crippen LogP contribution is -2.54. The van der Waals surface area contributed by atoms with Crippen LogP contribution >= 0.6 is 11.3 Å². The molecule has 0 radical (unpaired) electrons. The number of benzene rings is 1. The largest absolute Gasteiger partial charge is 0.445 e. The summed E-state index contributed by atoms with van der Waals surface area (Å²) in [6, 6.07) is 9.88. The van der Waals surface area contributed by atoms with E-state index in [0.29, 0.717) is 17.9 Å². The molecule has 0 bridgehead atoms. The molecule has 10 heteroatoms. The van der Waals surface area contributed by atoms with Crippen LogP contribution in [0.25, 0.3) is 0 Å². The molecule has 2 aromatic rings. The first-order valence-corrected chi connectivity index (χ1v) is 10.2. The summed E-state index contributed by atoms with van der Waals surface area (Å²) in [5.74, 6) is 0. The van der Waals surface area contributed by atoms with E-state index in [2.05, 4.69) is 46.6 Å². The van der Waals surface area contributed by atoms with Crippen LogP contribution in [0.1, 0.15) is 36.3 Å². The van der Waals surface area contributed by atoms with Gasteiger partial charge in [-0.2, -0.15) is 13.2 Å². The zero-order chi connectivity index (χ0) is 20.9. The predicted octanol–water partition coefficient (Wildman–Crippen LogP) is 3.86. The Hall–Kier alpha value is -2.20. The SMILES string of the molecule is CN(C)[C@]1(c2ccccc2)CC[C@@]2(CC1)CN(c1nnc(C(F)(F)F)s1)C(=O)N2. The highest BCUT2D eigenvalue weighted by molar-refractivity contribution is 7.15. The summed E-state index contributed by atoms with van der Waals surface area (Å²) in [7, 11) is 4.12. The second-order valence-electron chi connectivity index (χ2n) is 7.98. The van der Waals surface area contributed by atoms with Gasteiger partial charge in [-0.05, 0) is 45.3 Å². The van der Waals surface area contributed by atoms with E-state index in [1.165, 1.54) is 10.5 Å². The summed E-state index contributed by atoms with van der Waals surface area (Å²) >= 11 is 0.399. The fourth-order valence-electron chi connectivity index (χ4n) is 4.47. The number of alkyl halides is 3. The zero-order valence-electron chi connectivity index (χ0n) is 16.2. The van der Waals surface area contributed by atoms with Crippen molar-refractivity contribution in [2.45, 2.75) is 42.9 Å². The number of hydrogen-bond donors (Lipinski definition) is 1. The number of amides is 2. The van der Waals surface area contributed by atoms with E-state index in [4.69, 9.17) is 0 Å². The first-order chi connectivity index (χ1) is 13.7. The fraction of sp³-hybridized carbons (Fsp3) is 0.526. The van der Waals surface area contributed by atoms with Crippen LogP contribution < -0.4 is 10.2 Å². The van der Waals surface area contributed by atoms with Crippen molar-refractivity contribution >= 4 is 22.5 Å². The summed E-state index contributed by atoms with van der Waals surface area (Å²) in [5.41, 5.74) is 0.645. The highest BCUT2D eigenvalue weighted by Crippen LogP contribution is 2.46. The molecule has 1 saturated heterocycles. The smallest absolute Gasteiger partial charge is 0.330 e. The molecule has 1 aromatic heterocycles. The molecule has 2 heterocycles. The van der Waals surface area contributed by atoms with Crippen LogP contribution in [0.4, 0.5) is 23.1 Å². The molecule has 1 N–H and O–H groups in total. The Morgan fingerprint density at radius 2 is 1.76 bits per heavy atom. The molecule has 4 rings (SSSR count). The quantitative estimate of drug-likeness (QED) is 0.811. The zero-order valence-corrected chi connectivity index (χ0v) is 17.0. The van der Waals surface area contributed by atoms with Gasteiger partial charge >= 0.3 is 12.2 Å². The third kappa shape index (κ3) is 3.48. The van der Waals surface area contributed by atoms with Gasteiger partial charge in [-0.15, -0.1) is 10.2 Å². The van der Waals surface area contributed by atoms with Crippen LogP contribution in [0, 0.1) is 0 Å². The van der Waals surface area contributed by atoms with E-state index in [-0.39, 0.29) is 10.7 Å². The highest BCUT2D eigenvalue weighted by Gasteiger charge is 2.51. The maximum Gasteiger partial charge on any atom is 0.445 e. The maximum atomic E-state index is 12.8. The number of carbonyl (C=O) groups excluding carboxylic acids is 1. The average molecular weight is 425 g/mol.